The van der Waals surface area contributed by atoms with Gasteiger partial charge in [0.1, 0.15) is 12.7 Å². The molecular formula is C31H45ClN6O. The van der Waals surface area contributed by atoms with Crippen molar-refractivity contribution in [2.45, 2.75) is 102 Å². The fourth-order valence-corrected chi connectivity index (χ4v) is 7.80. The van der Waals surface area contributed by atoms with Gasteiger partial charge in [-0.3, -0.25) is 9.48 Å². The van der Waals surface area contributed by atoms with Crippen molar-refractivity contribution in [1.82, 2.24) is 29.9 Å². The molecular weight excluding hydrogens is 508 g/mol. The SMILES string of the molecule is O=C([C@@H](Cc1ccc(Cl)cc1)NC1CCN(C2CC2)CC1)N1CCC(Cn2cncn2)(C2CCCCC2)CC1. The molecule has 2 saturated carbocycles. The second-order valence-corrected chi connectivity index (χ2v) is 13.1. The molecule has 4 fully saturated rings. The van der Waals surface area contributed by atoms with E-state index < -0.39 is 0 Å². The molecule has 2 aliphatic carbocycles. The zero-order chi connectivity index (χ0) is 26.7. The van der Waals surface area contributed by atoms with E-state index in [4.69, 9.17) is 11.6 Å². The fraction of sp³-hybridized carbons (Fsp3) is 0.710. The maximum absolute atomic E-state index is 14.1. The Morgan fingerprint density at radius 1 is 0.974 bits per heavy atom. The number of benzene rings is 1. The number of rotatable bonds is 9. The van der Waals surface area contributed by atoms with E-state index in [0.29, 0.717) is 18.4 Å². The van der Waals surface area contributed by atoms with E-state index >= 15 is 0 Å². The van der Waals surface area contributed by atoms with E-state index in [1.54, 1.807) is 6.33 Å². The first-order valence-electron chi connectivity index (χ1n) is 15.4. The van der Waals surface area contributed by atoms with Crippen molar-refractivity contribution >= 4 is 17.5 Å². The molecule has 0 unspecified atom stereocenters. The van der Waals surface area contributed by atoms with Crippen molar-refractivity contribution in [2.24, 2.45) is 11.3 Å². The Balaban J connectivity index is 1.13. The van der Waals surface area contributed by atoms with Gasteiger partial charge in [0, 0.05) is 36.7 Å². The van der Waals surface area contributed by atoms with Crippen LogP contribution in [-0.4, -0.2) is 74.8 Å². The molecule has 7 nitrogen and oxygen atoms in total. The number of nitrogens with zero attached hydrogens (tertiary/aromatic N) is 5. The molecule has 39 heavy (non-hydrogen) atoms. The predicted molar refractivity (Wildman–Crippen MR) is 155 cm³/mol. The molecule has 0 spiro atoms. The lowest BCUT2D eigenvalue weighted by molar-refractivity contribution is -0.137. The molecule has 8 heteroatoms. The highest BCUT2D eigenvalue weighted by Crippen LogP contribution is 2.47. The molecule has 1 aromatic heterocycles. The molecule has 0 radical (unpaired) electrons. The first-order valence-corrected chi connectivity index (χ1v) is 15.8. The summed E-state index contributed by atoms with van der Waals surface area (Å²) in [5.41, 5.74) is 1.38. The van der Waals surface area contributed by atoms with Crippen LogP contribution in [0.25, 0.3) is 0 Å². The molecule has 2 aromatic rings. The van der Waals surface area contributed by atoms with Crippen molar-refractivity contribution in [2.75, 3.05) is 26.2 Å². The Kier molecular flexibility index (Phi) is 8.57. The molecule has 0 bridgehead atoms. The summed E-state index contributed by atoms with van der Waals surface area (Å²) >= 11 is 6.17. The number of hydrogen-bond donors (Lipinski definition) is 1. The summed E-state index contributed by atoms with van der Waals surface area (Å²) in [4.78, 5) is 23.2. The zero-order valence-electron chi connectivity index (χ0n) is 23.3. The van der Waals surface area contributed by atoms with Gasteiger partial charge in [-0.15, -0.1) is 0 Å². The molecule has 2 saturated heterocycles. The first-order chi connectivity index (χ1) is 19.1. The van der Waals surface area contributed by atoms with Gasteiger partial charge < -0.3 is 15.1 Å². The lowest BCUT2D eigenvalue weighted by Gasteiger charge is -2.48. The third-order valence-corrected chi connectivity index (χ3v) is 10.4. The quantitative estimate of drug-likeness (QED) is 0.477. The molecule has 2 aliphatic heterocycles. The van der Waals surface area contributed by atoms with Gasteiger partial charge in [-0.25, -0.2) is 4.98 Å². The Bertz CT molecular complexity index is 1050. The number of piperidine rings is 2. The summed E-state index contributed by atoms with van der Waals surface area (Å²) in [7, 11) is 0. The molecule has 1 atom stereocenters. The number of carbonyl (C=O) groups excluding carboxylic acids is 1. The van der Waals surface area contributed by atoms with Gasteiger partial charge in [0.25, 0.3) is 0 Å². The highest BCUT2D eigenvalue weighted by Gasteiger charge is 2.44. The van der Waals surface area contributed by atoms with E-state index in [-0.39, 0.29) is 17.4 Å². The number of amides is 1. The summed E-state index contributed by atoms with van der Waals surface area (Å²) in [5.74, 6) is 0.986. The Morgan fingerprint density at radius 3 is 2.33 bits per heavy atom. The van der Waals surface area contributed by atoms with Crippen LogP contribution in [0.15, 0.2) is 36.9 Å². The van der Waals surface area contributed by atoms with Crippen molar-refractivity contribution in [3.8, 4) is 0 Å². The Hall–Kier alpha value is -1.96. The highest BCUT2D eigenvalue weighted by atomic mass is 35.5. The molecule has 6 rings (SSSR count). The molecule has 212 valence electrons. The number of carbonyl (C=O) groups is 1. The second-order valence-electron chi connectivity index (χ2n) is 12.7. The second kappa shape index (κ2) is 12.3. The van der Waals surface area contributed by atoms with Crippen molar-refractivity contribution in [3.63, 3.8) is 0 Å². The lowest BCUT2D eigenvalue weighted by atomic mass is 9.63. The number of nitrogens with one attached hydrogen (secondary N) is 1. The summed E-state index contributed by atoms with van der Waals surface area (Å²) < 4.78 is 2.03. The maximum Gasteiger partial charge on any atom is 0.240 e. The van der Waals surface area contributed by atoms with Crippen LogP contribution in [0.3, 0.4) is 0 Å². The minimum Gasteiger partial charge on any atom is -0.341 e. The minimum absolute atomic E-state index is 0.193. The largest absolute Gasteiger partial charge is 0.341 e. The number of aromatic nitrogens is 3. The van der Waals surface area contributed by atoms with Crippen molar-refractivity contribution < 1.29 is 4.79 Å². The summed E-state index contributed by atoms with van der Waals surface area (Å²) in [5, 5.41) is 9.06. The van der Waals surface area contributed by atoms with Crippen LogP contribution < -0.4 is 5.32 Å². The van der Waals surface area contributed by atoms with E-state index in [2.05, 4.69) is 37.3 Å². The van der Waals surface area contributed by atoms with Gasteiger partial charge in [-0.05, 0) is 99.9 Å². The molecule has 4 aliphatic rings. The number of hydrogen-bond acceptors (Lipinski definition) is 5. The van der Waals surface area contributed by atoms with Gasteiger partial charge in [0.15, 0.2) is 0 Å². The smallest absolute Gasteiger partial charge is 0.240 e. The molecule has 1 aromatic carbocycles. The van der Waals surface area contributed by atoms with Crippen LogP contribution in [0.5, 0.6) is 0 Å². The Morgan fingerprint density at radius 2 is 1.69 bits per heavy atom. The van der Waals surface area contributed by atoms with Crippen LogP contribution >= 0.6 is 11.6 Å². The van der Waals surface area contributed by atoms with Gasteiger partial charge in [-0.2, -0.15) is 5.10 Å². The minimum atomic E-state index is -0.193. The van der Waals surface area contributed by atoms with Crippen LogP contribution in [0, 0.1) is 11.3 Å². The lowest BCUT2D eigenvalue weighted by Crippen LogP contribution is -2.56. The maximum atomic E-state index is 14.1. The first kappa shape index (κ1) is 27.2. The molecule has 3 heterocycles. The number of likely N-dealkylation sites (tertiary alicyclic amines) is 2. The normalized spacial score (nSPS) is 24.1. The average molecular weight is 553 g/mol. The van der Waals surface area contributed by atoms with Crippen molar-refractivity contribution in [1.29, 1.82) is 0 Å². The van der Waals surface area contributed by atoms with E-state index in [9.17, 15) is 4.79 Å². The molecule has 1 amide bonds. The van der Waals surface area contributed by atoms with Crippen LogP contribution in [0.4, 0.5) is 0 Å². The van der Waals surface area contributed by atoms with Gasteiger partial charge in [0.2, 0.25) is 5.91 Å². The summed E-state index contributed by atoms with van der Waals surface area (Å²) in [6.07, 6.45) is 18.0. The van der Waals surface area contributed by atoms with Crippen LogP contribution in [0.1, 0.15) is 76.2 Å². The van der Waals surface area contributed by atoms with Crippen LogP contribution in [0.2, 0.25) is 5.02 Å². The Labute approximate surface area is 238 Å². The number of halogens is 1. The topological polar surface area (TPSA) is 66.3 Å². The van der Waals surface area contributed by atoms with Gasteiger partial charge in [-0.1, -0.05) is 43.0 Å². The fourth-order valence-electron chi connectivity index (χ4n) is 7.67. The van der Waals surface area contributed by atoms with Gasteiger partial charge in [0.05, 0.1) is 6.04 Å². The summed E-state index contributed by atoms with van der Waals surface area (Å²) in [6, 6.07) is 9.06. The standard InChI is InChI=1S/C31H45ClN6O/c32-26-8-6-24(7-9-26)20-29(35-27-12-16-36(17-13-27)28-10-11-28)30(39)37-18-14-31(15-19-37,21-38-23-33-22-34-38)25-4-2-1-3-5-25/h6-9,22-23,25,27-29,35H,1-5,10-21H2/t29-/m1/s1. The zero-order valence-corrected chi connectivity index (χ0v) is 24.1. The van der Waals surface area contributed by atoms with E-state index in [1.165, 1.54) is 50.5 Å². The van der Waals surface area contributed by atoms with E-state index in [0.717, 1.165) is 69.5 Å². The average Bonchev–Trinajstić information content (AvgIpc) is 3.71. The summed E-state index contributed by atoms with van der Waals surface area (Å²) in [6.45, 7) is 4.90. The highest BCUT2D eigenvalue weighted by molar-refractivity contribution is 6.30. The van der Waals surface area contributed by atoms with Crippen LogP contribution in [-0.2, 0) is 17.8 Å². The monoisotopic (exact) mass is 552 g/mol. The van der Waals surface area contributed by atoms with Gasteiger partial charge >= 0.3 is 0 Å². The third kappa shape index (κ3) is 6.68. The molecule has 1 N–H and O–H groups in total. The van der Waals surface area contributed by atoms with Crippen molar-refractivity contribution in [3.05, 3.63) is 47.5 Å². The predicted octanol–water partition coefficient (Wildman–Crippen LogP) is 4.95. The third-order valence-electron chi connectivity index (χ3n) is 10.2. The van der Waals surface area contributed by atoms with E-state index in [1.807, 2.05) is 23.1 Å².